The van der Waals surface area contributed by atoms with E-state index < -0.39 is 5.92 Å². The molecule has 6 nitrogen and oxygen atoms in total. The molecule has 10 heteroatoms. The number of thiophene rings is 1. The first-order valence-corrected chi connectivity index (χ1v) is 14.0. The largest absolute Gasteiger partial charge is 0.357 e. The van der Waals surface area contributed by atoms with E-state index in [1.807, 2.05) is 31.2 Å². The van der Waals surface area contributed by atoms with Crippen LogP contribution in [0, 0.1) is 6.92 Å². The van der Waals surface area contributed by atoms with Gasteiger partial charge in [0.1, 0.15) is 11.2 Å². The number of hydrogen-bond acceptors (Lipinski definition) is 5. The molecule has 1 saturated heterocycles. The lowest BCUT2D eigenvalue weighted by Crippen LogP contribution is -2.24. The van der Waals surface area contributed by atoms with Gasteiger partial charge in [-0.05, 0) is 48.9 Å². The molecule has 0 aromatic carbocycles. The van der Waals surface area contributed by atoms with Crippen molar-refractivity contribution in [3.63, 3.8) is 0 Å². The van der Waals surface area contributed by atoms with Crippen LogP contribution < -0.4 is 4.62 Å². The number of hydrogen-bond donors (Lipinski definition) is 2. The Morgan fingerprint density at radius 3 is 2.85 bits per heavy atom. The highest BCUT2D eigenvalue weighted by molar-refractivity contribution is 7.43. The molecule has 39 heavy (non-hydrogen) atoms. The second-order valence-corrected chi connectivity index (χ2v) is 12.0. The molecule has 1 fully saturated rings. The second-order valence-electron chi connectivity index (χ2n) is 9.80. The molecular formula is C29H27F2N6PS. The zero-order valence-corrected chi connectivity index (χ0v) is 23.3. The van der Waals surface area contributed by atoms with E-state index in [0.29, 0.717) is 13.1 Å². The first-order chi connectivity index (χ1) is 18.8. The normalized spacial score (nSPS) is 15.8. The minimum absolute atomic E-state index is 0.0988. The zero-order chi connectivity index (χ0) is 27.1. The van der Waals surface area contributed by atoms with Gasteiger partial charge in [0.2, 0.25) is 0 Å². The van der Waals surface area contributed by atoms with Gasteiger partial charge >= 0.3 is 0 Å². The predicted octanol–water partition coefficient (Wildman–Crippen LogP) is 6.34. The maximum absolute atomic E-state index is 13.6. The quantitative estimate of drug-likeness (QED) is 0.180. The van der Waals surface area contributed by atoms with Gasteiger partial charge in [-0.3, -0.25) is 15.0 Å². The van der Waals surface area contributed by atoms with Crippen molar-refractivity contribution in [2.45, 2.75) is 25.8 Å². The lowest BCUT2D eigenvalue weighted by atomic mass is 10.0. The maximum atomic E-state index is 13.6. The number of fused-ring (bicyclic) bond motifs is 1. The van der Waals surface area contributed by atoms with Gasteiger partial charge in [-0.2, -0.15) is 5.10 Å². The van der Waals surface area contributed by atoms with Crippen LogP contribution in [0.4, 0.5) is 8.78 Å². The fourth-order valence-electron chi connectivity index (χ4n) is 5.05. The highest BCUT2D eigenvalue weighted by Crippen LogP contribution is 2.35. The molecule has 0 spiro atoms. The minimum Gasteiger partial charge on any atom is -0.357 e. The van der Waals surface area contributed by atoms with Crippen LogP contribution in [0.3, 0.4) is 0 Å². The topological polar surface area (TPSA) is 73.5 Å². The number of alkyl halides is 2. The average Bonchev–Trinajstić information content (AvgIpc) is 3.69. The van der Waals surface area contributed by atoms with Crippen molar-refractivity contribution >= 4 is 41.8 Å². The summed E-state index contributed by atoms with van der Waals surface area (Å²) >= 11 is 1.71. The van der Waals surface area contributed by atoms with Crippen LogP contribution in [0.1, 0.15) is 28.1 Å². The Hall–Kier alpha value is -3.52. The predicted molar refractivity (Wildman–Crippen MR) is 157 cm³/mol. The highest BCUT2D eigenvalue weighted by Gasteiger charge is 2.37. The van der Waals surface area contributed by atoms with Crippen molar-refractivity contribution in [1.82, 2.24) is 30.0 Å². The Kier molecular flexibility index (Phi) is 6.75. The van der Waals surface area contributed by atoms with E-state index in [1.165, 1.54) is 4.62 Å². The molecule has 1 aliphatic heterocycles. The molecule has 6 rings (SSSR count). The van der Waals surface area contributed by atoms with Crippen LogP contribution in [0.25, 0.3) is 39.3 Å². The SMILES string of the molecule is C=C/C=C(/c1ccc(P)s1)c1cc(-c2n[nH]c3ccc(-c4cncc(CN5CCC(F)(F)C5)c4)nc23)[nH]c1C. The summed E-state index contributed by atoms with van der Waals surface area (Å²) in [5.41, 5.74) is 8.79. The molecule has 0 radical (unpaired) electrons. The molecule has 2 N–H and O–H groups in total. The number of allylic oxidation sites excluding steroid dienone is 2. The Labute approximate surface area is 231 Å². The van der Waals surface area contributed by atoms with Crippen molar-refractivity contribution in [3.05, 3.63) is 89.2 Å². The van der Waals surface area contributed by atoms with E-state index in [0.717, 1.165) is 60.9 Å². The summed E-state index contributed by atoms with van der Waals surface area (Å²) in [4.78, 5) is 15.7. The van der Waals surface area contributed by atoms with Crippen molar-refractivity contribution in [3.8, 4) is 22.6 Å². The summed E-state index contributed by atoms with van der Waals surface area (Å²) in [6.07, 6.45) is 7.21. The molecule has 198 valence electrons. The van der Waals surface area contributed by atoms with Gasteiger partial charge in [0.25, 0.3) is 5.92 Å². The lowest BCUT2D eigenvalue weighted by molar-refractivity contribution is 0.0115. The van der Waals surface area contributed by atoms with Gasteiger partial charge in [0, 0.05) is 63.8 Å². The van der Waals surface area contributed by atoms with Gasteiger partial charge in [-0.1, -0.05) is 28.0 Å². The monoisotopic (exact) mass is 560 g/mol. The van der Waals surface area contributed by atoms with Gasteiger partial charge in [-0.25, -0.2) is 13.8 Å². The third-order valence-corrected chi connectivity index (χ3v) is 8.38. The number of H-pyrrole nitrogens is 2. The molecule has 1 atom stereocenters. The second kappa shape index (κ2) is 10.2. The number of halogens is 2. The Bertz CT molecular complexity index is 1720. The lowest BCUT2D eigenvalue weighted by Gasteiger charge is -2.15. The molecule has 1 unspecified atom stereocenters. The van der Waals surface area contributed by atoms with E-state index in [-0.39, 0.29) is 13.0 Å². The number of nitrogens with zero attached hydrogens (tertiary/aromatic N) is 4. The van der Waals surface area contributed by atoms with E-state index in [1.54, 1.807) is 34.7 Å². The minimum atomic E-state index is -2.62. The molecule has 6 heterocycles. The van der Waals surface area contributed by atoms with Crippen LogP contribution in [0.15, 0.2) is 67.5 Å². The van der Waals surface area contributed by atoms with Crippen molar-refractivity contribution < 1.29 is 8.78 Å². The number of nitrogens with one attached hydrogen (secondary N) is 2. The summed E-state index contributed by atoms with van der Waals surface area (Å²) in [6.45, 7) is 6.56. The third kappa shape index (κ3) is 5.22. The summed E-state index contributed by atoms with van der Waals surface area (Å²) in [5, 5.41) is 7.68. The molecule has 5 aromatic heterocycles. The Morgan fingerprint density at radius 2 is 2.10 bits per heavy atom. The number of pyridine rings is 2. The molecule has 1 aliphatic rings. The highest BCUT2D eigenvalue weighted by atomic mass is 32.1. The molecular weight excluding hydrogens is 533 g/mol. The van der Waals surface area contributed by atoms with Crippen LogP contribution in [-0.2, 0) is 6.54 Å². The zero-order valence-electron chi connectivity index (χ0n) is 21.3. The van der Waals surface area contributed by atoms with Crippen LogP contribution in [0.2, 0.25) is 0 Å². The van der Waals surface area contributed by atoms with Crippen molar-refractivity contribution in [2.75, 3.05) is 13.1 Å². The van der Waals surface area contributed by atoms with Crippen molar-refractivity contribution in [2.24, 2.45) is 0 Å². The standard InChI is InChI=1S/C29H27F2N6PS/c1-3-4-20(25-7-8-26(38)39-25)21-12-24(33-17(21)2)28-27-23(35-36-28)6-5-22(34-27)19-11-18(13-32-14-19)15-37-10-9-29(30,31)16-37/h3-8,11-14,33H,1,9-10,15-16,38H2,2H3,(H,35,36)/b20-4+. The molecule has 5 aromatic rings. The van der Waals surface area contributed by atoms with Crippen LogP contribution in [0.5, 0.6) is 0 Å². The summed E-state index contributed by atoms with van der Waals surface area (Å²) < 4.78 is 28.5. The fraction of sp³-hybridized carbons (Fsp3) is 0.207. The van der Waals surface area contributed by atoms with Gasteiger partial charge < -0.3 is 4.98 Å². The average molecular weight is 561 g/mol. The van der Waals surface area contributed by atoms with E-state index in [4.69, 9.17) is 4.98 Å². The smallest absolute Gasteiger partial charge is 0.261 e. The maximum Gasteiger partial charge on any atom is 0.261 e. The van der Waals surface area contributed by atoms with Crippen LogP contribution >= 0.6 is 20.6 Å². The van der Waals surface area contributed by atoms with Gasteiger partial charge in [0.15, 0.2) is 0 Å². The van der Waals surface area contributed by atoms with Gasteiger partial charge in [-0.15, -0.1) is 11.3 Å². The summed E-state index contributed by atoms with van der Waals surface area (Å²) in [7, 11) is 2.75. The van der Waals surface area contributed by atoms with E-state index >= 15 is 0 Å². The van der Waals surface area contributed by atoms with E-state index in [2.05, 4.69) is 54.2 Å². The summed E-state index contributed by atoms with van der Waals surface area (Å²) in [5.74, 6) is -2.62. The van der Waals surface area contributed by atoms with Gasteiger partial charge in [0.05, 0.1) is 23.4 Å². The molecule has 0 amide bonds. The molecule has 0 bridgehead atoms. The van der Waals surface area contributed by atoms with E-state index in [9.17, 15) is 8.78 Å². The fourth-order valence-corrected chi connectivity index (χ4v) is 6.34. The summed E-state index contributed by atoms with van der Waals surface area (Å²) in [6, 6.07) is 12.1. The number of rotatable bonds is 7. The Morgan fingerprint density at radius 1 is 1.23 bits per heavy atom. The number of likely N-dealkylation sites (tertiary alicyclic amines) is 1. The molecule has 0 aliphatic carbocycles. The first-order valence-electron chi connectivity index (χ1n) is 12.6. The Balaban J connectivity index is 1.33. The van der Waals surface area contributed by atoms with Crippen molar-refractivity contribution in [1.29, 1.82) is 0 Å². The first kappa shape index (κ1) is 25.7. The third-order valence-electron chi connectivity index (χ3n) is 6.89. The van der Waals surface area contributed by atoms with Crippen LogP contribution in [-0.4, -0.2) is 49.1 Å². The number of aryl methyl sites for hydroxylation is 1. The number of aromatic nitrogens is 5. The molecule has 0 saturated carbocycles. The number of aromatic amines is 2.